The first kappa shape index (κ1) is 12.4. The highest BCUT2D eigenvalue weighted by Crippen LogP contribution is 2.14. The zero-order chi connectivity index (χ0) is 12.8. The maximum absolute atomic E-state index is 5.08. The number of methoxy groups -OCH3 is 1. The molecule has 0 amide bonds. The Hall–Kier alpha value is -2.03. The number of rotatable bonds is 5. The number of benzene rings is 1. The minimum atomic E-state index is 0.773. The fourth-order valence-electron chi connectivity index (χ4n) is 1.87. The van der Waals surface area contributed by atoms with Crippen molar-refractivity contribution in [2.45, 2.75) is 19.9 Å². The van der Waals surface area contributed by atoms with Gasteiger partial charge in [-0.3, -0.25) is 0 Å². The lowest BCUT2D eigenvalue weighted by Gasteiger charge is -2.09. The number of anilines is 1. The molecule has 0 aliphatic carbocycles. The smallest absolute Gasteiger partial charge is 0.137 e. The number of ether oxygens (including phenoxy) is 1. The number of nitrogens with zero attached hydrogens (tertiary/aromatic N) is 1. The largest absolute Gasteiger partial charge is 0.495 e. The van der Waals surface area contributed by atoms with E-state index >= 15 is 0 Å². The van der Waals surface area contributed by atoms with Gasteiger partial charge in [0.2, 0.25) is 0 Å². The normalized spacial score (nSPS) is 10.1. The molecule has 0 bridgehead atoms. The Morgan fingerprint density at radius 2 is 1.89 bits per heavy atom. The third-order valence-corrected chi connectivity index (χ3v) is 2.93. The molecule has 1 aromatic heterocycles. The van der Waals surface area contributed by atoms with E-state index in [0.29, 0.717) is 0 Å². The van der Waals surface area contributed by atoms with Crippen molar-refractivity contribution in [3.63, 3.8) is 0 Å². The molecule has 1 N–H and O–H groups in total. The van der Waals surface area contributed by atoms with E-state index < -0.39 is 0 Å². The molecule has 0 aliphatic rings. The van der Waals surface area contributed by atoms with E-state index in [1.54, 1.807) is 13.3 Å². The number of aryl methyl sites for hydroxylation is 1. The van der Waals surface area contributed by atoms with Crippen LogP contribution in [-0.2, 0) is 13.0 Å². The van der Waals surface area contributed by atoms with Gasteiger partial charge >= 0.3 is 0 Å². The van der Waals surface area contributed by atoms with Gasteiger partial charge in [-0.2, -0.15) is 0 Å². The van der Waals surface area contributed by atoms with Gasteiger partial charge in [-0.15, -0.1) is 0 Å². The molecule has 3 heteroatoms. The van der Waals surface area contributed by atoms with Gasteiger partial charge in [0, 0.05) is 6.54 Å². The molecule has 2 rings (SSSR count). The van der Waals surface area contributed by atoms with E-state index in [1.165, 1.54) is 11.1 Å². The molecule has 1 heterocycles. The fourth-order valence-corrected chi connectivity index (χ4v) is 1.87. The third kappa shape index (κ3) is 3.00. The molecule has 18 heavy (non-hydrogen) atoms. The molecule has 0 atom stereocenters. The van der Waals surface area contributed by atoms with Crippen LogP contribution in [0.1, 0.15) is 18.1 Å². The summed E-state index contributed by atoms with van der Waals surface area (Å²) in [5, 5.41) is 3.32. The lowest BCUT2D eigenvalue weighted by molar-refractivity contribution is 0.413. The SMILES string of the molecule is CCc1ccccc1CNc1ccc(OC)cn1. The summed E-state index contributed by atoms with van der Waals surface area (Å²) in [6.07, 6.45) is 2.77. The van der Waals surface area contributed by atoms with Crippen LogP contribution in [0.15, 0.2) is 42.6 Å². The van der Waals surface area contributed by atoms with Crippen LogP contribution in [0.2, 0.25) is 0 Å². The van der Waals surface area contributed by atoms with Gasteiger partial charge in [-0.05, 0) is 29.7 Å². The Kier molecular flexibility index (Phi) is 4.18. The molecule has 0 fully saturated rings. The van der Waals surface area contributed by atoms with Crippen molar-refractivity contribution in [3.8, 4) is 5.75 Å². The summed E-state index contributed by atoms with van der Waals surface area (Å²) in [6.45, 7) is 2.97. The Morgan fingerprint density at radius 3 is 2.50 bits per heavy atom. The van der Waals surface area contributed by atoms with Crippen molar-refractivity contribution in [1.82, 2.24) is 4.98 Å². The van der Waals surface area contributed by atoms with Gasteiger partial charge in [0.25, 0.3) is 0 Å². The first-order valence-electron chi connectivity index (χ1n) is 6.14. The minimum Gasteiger partial charge on any atom is -0.495 e. The molecule has 0 saturated heterocycles. The average molecular weight is 242 g/mol. The number of pyridine rings is 1. The van der Waals surface area contributed by atoms with Crippen LogP contribution < -0.4 is 10.1 Å². The van der Waals surface area contributed by atoms with Crippen molar-refractivity contribution in [2.75, 3.05) is 12.4 Å². The Morgan fingerprint density at radius 1 is 1.11 bits per heavy atom. The van der Waals surface area contributed by atoms with Gasteiger partial charge in [-0.25, -0.2) is 4.98 Å². The Balaban J connectivity index is 2.02. The van der Waals surface area contributed by atoms with E-state index in [1.807, 2.05) is 12.1 Å². The van der Waals surface area contributed by atoms with Crippen LogP contribution in [0.3, 0.4) is 0 Å². The van der Waals surface area contributed by atoms with E-state index in [-0.39, 0.29) is 0 Å². The number of aromatic nitrogens is 1. The maximum atomic E-state index is 5.08. The number of hydrogen-bond donors (Lipinski definition) is 1. The van der Waals surface area contributed by atoms with Gasteiger partial charge in [0.1, 0.15) is 11.6 Å². The molecule has 0 aliphatic heterocycles. The monoisotopic (exact) mass is 242 g/mol. The van der Waals surface area contributed by atoms with Crippen molar-refractivity contribution >= 4 is 5.82 Å². The van der Waals surface area contributed by atoms with Crippen LogP contribution in [-0.4, -0.2) is 12.1 Å². The zero-order valence-electron chi connectivity index (χ0n) is 10.8. The summed E-state index contributed by atoms with van der Waals surface area (Å²) in [5.74, 6) is 1.64. The highest BCUT2D eigenvalue weighted by molar-refractivity contribution is 5.39. The predicted molar refractivity (Wildman–Crippen MR) is 73.9 cm³/mol. The highest BCUT2D eigenvalue weighted by atomic mass is 16.5. The molecule has 0 saturated carbocycles. The lowest BCUT2D eigenvalue weighted by atomic mass is 10.1. The van der Waals surface area contributed by atoms with Crippen LogP contribution >= 0.6 is 0 Å². The van der Waals surface area contributed by atoms with E-state index in [2.05, 4.69) is 41.5 Å². The summed E-state index contributed by atoms with van der Waals surface area (Å²) in [4.78, 5) is 4.28. The topological polar surface area (TPSA) is 34.1 Å². The average Bonchev–Trinajstić information content (AvgIpc) is 2.46. The molecule has 0 radical (unpaired) electrons. The molecule has 94 valence electrons. The second kappa shape index (κ2) is 6.05. The molecule has 1 aromatic carbocycles. The standard InChI is InChI=1S/C15H18N2O/c1-3-12-6-4-5-7-13(12)10-16-15-9-8-14(18-2)11-17-15/h4-9,11H,3,10H2,1-2H3,(H,16,17). The third-order valence-electron chi connectivity index (χ3n) is 2.93. The molecule has 2 aromatic rings. The van der Waals surface area contributed by atoms with Crippen molar-refractivity contribution in [3.05, 3.63) is 53.7 Å². The highest BCUT2D eigenvalue weighted by Gasteiger charge is 2.00. The Bertz CT molecular complexity index is 494. The van der Waals surface area contributed by atoms with Gasteiger partial charge in [0.15, 0.2) is 0 Å². The van der Waals surface area contributed by atoms with Gasteiger partial charge < -0.3 is 10.1 Å². The summed E-state index contributed by atoms with van der Waals surface area (Å²) in [5.41, 5.74) is 2.69. The lowest BCUT2D eigenvalue weighted by Crippen LogP contribution is -2.03. The predicted octanol–water partition coefficient (Wildman–Crippen LogP) is 3.26. The van der Waals surface area contributed by atoms with Crippen LogP contribution in [0.5, 0.6) is 5.75 Å². The van der Waals surface area contributed by atoms with Gasteiger partial charge in [0.05, 0.1) is 13.3 Å². The summed E-state index contributed by atoms with van der Waals surface area (Å²) in [7, 11) is 1.64. The fraction of sp³-hybridized carbons (Fsp3) is 0.267. The van der Waals surface area contributed by atoms with Crippen molar-refractivity contribution in [2.24, 2.45) is 0 Å². The maximum Gasteiger partial charge on any atom is 0.137 e. The van der Waals surface area contributed by atoms with E-state index in [0.717, 1.165) is 24.5 Å². The van der Waals surface area contributed by atoms with Crippen LogP contribution in [0.4, 0.5) is 5.82 Å². The summed E-state index contributed by atoms with van der Waals surface area (Å²) < 4.78 is 5.08. The number of nitrogens with one attached hydrogen (secondary N) is 1. The summed E-state index contributed by atoms with van der Waals surface area (Å²) in [6, 6.07) is 12.3. The van der Waals surface area contributed by atoms with Crippen LogP contribution in [0, 0.1) is 0 Å². The van der Waals surface area contributed by atoms with Crippen molar-refractivity contribution < 1.29 is 4.74 Å². The minimum absolute atomic E-state index is 0.773. The molecule has 3 nitrogen and oxygen atoms in total. The first-order valence-corrected chi connectivity index (χ1v) is 6.14. The molecule has 0 spiro atoms. The second-order valence-corrected chi connectivity index (χ2v) is 4.06. The van der Waals surface area contributed by atoms with E-state index in [9.17, 15) is 0 Å². The van der Waals surface area contributed by atoms with Crippen LogP contribution in [0.25, 0.3) is 0 Å². The zero-order valence-corrected chi connectivity index (χ0v) is 10.8. The Labute approximate surface area is 108 Å². The molecular formula is C15H18N2O. The second-order valence-electron chi connectivity index (χ2n) is 4.06. The molecular weight excluding hydrogens is 224 g/mol. The first-order chi connectivity index (χ1) is 8.83. The molecule has 0 unspecified atom stereocenters. The van der Waals surface area contributed by atoms with Gasteiger partial charge in [-0.1, -0.05) is 31.2 Å². The van der Waals surface area contributed by atoms with Crippen molar-refractivity contribution in [1.29, 1.82) is 0 Å². The summed E-state index contributed by atoms with van der Waals surface area (Å²) >= 11 is 0. The quantitative estimate of drug-likeness (QED) is 0.873. The number of hydrogen-bond acceptors (Lipinski definition) is 3. The van der Waals surface area contributed by atoms with E-state index in [4.69, 9.17) is 4.74 Å².